The van der Waals surface area contributed by atoms with Gasteiger partial charge >= 0.3 is 0 Å². The summed E-state index contributed by atoms with van der Waals surface area (Å²) < 4.78 is 0.190. The van der Waals surface area contributed by atoms with Crippen molar-refractivity contribution in [3.05, 3.63) is 43.0 Å². The van der Waals surface area contributed by atoms with Gasteiger partial charge in [0.15, 0.2) is 0 Å². The minimum absolute atomic E-state index is 0.0918. The molecule has 1 rings (SSSR count). The normalized spacial score (nSPS) is 11.1. The zero-order valence-electron chi connectivity index (χ0n) is 11.8. The average Bonchev–Trinajstić information content (AvgIpc) is 2.47. The summed E-state index contributed by atoms with van der Waals surface area (Å²) in [6.45, 7) is 8.60. The van der Waals surface area contributed by atoms with E-state index in [4.69, 9.17) is 0 Å². The second kappa shape index (κ2) is 8.05. The number of benzene rings is 1. The van der Waals surface area contributed by atoms with Crippen LogP contribution in [0.2, 0.25) is 0 Å². The zero-order valence-corrected chi connectivity index (χ0v) is 12.6. The lowest BCUT2D eigenvalue weighted by Crippen LogP contribution is -2.31. The Balaban J connectivity index is 2.63. The second-order valence-electron chi connectivity index (χ2n) is 4.55. The van der Waals surface area contributed by atoms with Crippen LogP contribution in [0, 0.1) is 0 Å². The fourth-order valence-corrected chi connectivity index (χ4v) is 3.31. The average molecular weight is 277 g/mol. The maximum atomic E-state index is 11.2. The fraction of sp³-hybridized carbons (Fsp3) is 0.438. The van der Waals surface area contributed by atoms with Crippen LogP contribution in [0.4, 0.5) is 0 Å². The first-order chi connectivity index (χ1) is 9.15. The third-order valence-electron chi connectivity index (χ3n) is 3.43. The van der Waals surface area contributed by atoms with E-state index in [1.807, 2.05) is 17.8 Å². The van der Waals surface area contributed by atoms with Crippen LogP contribution in [0.15, 0.2) is 47.9 Å². The minimum atomic E-state index is -0.0918. The maximum absolute atomic E-state index is 11.2. The molecule has 1 N–H and O–H groups in total. The van der Waals surface area contributed by atoms with E-state index in [2.05, 4.69) is 50.0 Å². The number of hydrogen-bond donors (Lipinski definition) is 1. The Morgan fingerprint density at radius 2 is 1.95 bits per heavy atom. The van der Waals surface area contributed by atoms with Gasteiger partial charge in [-0.15, -0.1) is 11.8 Å². The smallest absolute Gasteiger partial charge is 0.243 e. The van der Waals surface area contributed by atoms with Crippen molar-refractivity contribution in [1.29, 1.82) is 0 Å². The molecule has 0 heterocycles. The first-order valence-corrected chi connectivity index (χ1v) is 7.61. The van der Waals surface area contributed by atoms with Crippen molar-refractivity contribution in [1.82, 2.24) is 5.32 Å². The Kier molecular flexibility index (Phi) is 6.71. The third-order valence-corrected chi connectivity index (χ3v) is 5.15. The molecule has 0 spiro atoms. The highest BCUT2D eigenvalue weighted by Crippen LogP contribution is 2.40. The van der Waals surface area contributed by atoms with E-state index in [0.717, 1.165) is 19.3 Å². The number of hydrogen-bond acceptors (Lipinski definition) is 2. The number of carbonyl (C=O) groups excluding carboxylic acids is 1. The van der Waals surface area contributed by atoms with E-state index in [-0.39, 0.29) is 10.7 Å². The molecule has 1 aromatic rings. The molecule has 0 unspecified atom stereocenters. The number of carbonyl (C=O) groups is 1. The second-order valence-corrected chi connectivity index (χ2v) is 6.09. The quantitative estimate of drug-likeness (QED) is 0.574. The van der Waals surface area contributed by atoms with E-state index in [9.17, 15) is 4.79 Å². The molecule has 0 aliphatic carbocycles. The van der Waals surface area contributed by atoms with Gasteiger partial charge in [-0.05, 0) is 37.5 Å². The Bertz CT molecular complexity index is 398. The van der Waals surface area contributed by atoms with Crippen LogP contribution in [0.1, 0.15) is 33.1 Å². The van der Waals surface area contributed by atoms with Gasteiger partial charge in [0.2, 0.25) is 5.91 Å². The molecule has 0 radical (unpaired) electrons. The predicted molar refractivity (Wildman–Crippen MR) is 83.4 cm³/mol. The fourth-order valence-electron chi connectivity index (χ4n) is 2.02. The van der Waals surface area contributed by atoms with Gasteiger partial charge in [-0.3, -0.25) is 4.79 Å². The Morgan fingerprint density at radius 1 is 1.32 bits per heavy atom. The van der Waals surface area contributed by atoms with Crippen molar-refractivity contribution in [3.8, 4) is 0 Å². The van der Waals surface area contributed by atoms with E-state index >= 15 is 0 Å². The summed E-state index contributed by atoms with van der Waals surface area (Å²) in [5.41, 5.74) is 0. The molecule has 104 valence electrons. The zero-order chi connectivity index (χ0) is 14.1. The summed E-state index contributed by atoms with van der Waals surface area (Å²) in [6.07, 6.45) is 4.48. The van der Waals surface area contributed by atoms with E-state index < -0.39 is 0 Å². The highest BCUT2D eigenvalue weighted by molar-refractivity contribution is 8.00. The van der Waals surface area contributed by atoms with Crippen molar-refractivity contribution < 1.29 is 4.79 Å². The lowest BCUT2D eigenvalue weighted by atomic mass is 9.98. The molecule has 0 atom stereocenters. The van der Waals surface area contributed by atoms with Crippen LogP contribution >= 0.6 is 11.8 Å². The molecule has 0 aromatic heterocycles. The molecule has 0 aliphatic rings. The van der Waals surface area contributed by atoms with Crippen LogP contribution in [-0.4, -0.2) is 17.2 Å². The van der Waals surface area contributed by atoms with Gasteiger partial charge in [0.05, 0.1) is 0 Å². The first-order valence-electron chi connectivity index (χ1n) is 6.80. The molecule has 2 nitrogen and oxygen atoms in total. The molecule has 0 bridgehead atoms. The molecular weight excluding hydrogens is 254 g/mol. The van der Waals surface area contributed by atoms with Gasteiger partial charge in [0.25, 0.3) is 0 Å². The van der Waals surface area contributed by atoms with Gasteiger partial charge < -0.3 is 5.32 Å². The van der Waals surface area contributed by atoms with Gasteiger partial charge in [0.1, 0.15) is 0 Å². The highest BCUT2D eigenvalue weighted by Gasteiger charge is 2.27. The van der Waals surface area contributed by atoms with Gasteiger partial charge in [-0.1, -0.05) is 38.6 Å². The molecule has 0 fully saturated rings. The minimum Gasteiger partial charge on any atom is -0.353 e. The van der Waals surface area contributed by atoms with E-state index in [1.165, 1.54) is 11.0 Å². The summed E-state index contributed by atoms with van der Waals surface area (Å²) in [5.74, 6) is -0.0918. The van der Waals surface area contributed by atoms with Crippen LogP contribution in [0.25, 0.3) is 0 Å². The summed E-state index contributed by atoms with van der Waals surface area (Å²) in [5, 5.41) is 2.87. The van der Waals surface area contributed by atoms with Crippen LogP contribution in [-0.2, 0) is 4.79 Å². The van der Waals surface area contributed by atoms with E-state index in [1.54, 1.807) is 0 Å². The lowest BCUT2D eigenvalue weighted by molar-refractivity contribution is -0.116. The molecule has 1 aromatic carbocycles. The number of amides is 1. The number of thioether (sulfide) groups is 1. The van der Waals surface area contributed by atoms with Gasteiger partial charge in [-0.25, -0.2) is 0 Å². The maximum Gasteiger partial charge on any atom is 0.243 e. The SMILES string of the molecule is C=CC(=O)NCCC(CC)(CC)Sc1ccccc1. The standard InChI is InChI=1S/C16H23NOS/c1-4-15(18)17-13-12-16(5-2,6-3)19-14-10-8-7-9-11-14/h4,7-11H,1,5-6,12-13H2,2-3H3,(H,17,18). The Hall–Kier alpha value is -1.22. The number of nitrogens with one attached hydrogen (secondary N) is 1. The van der Waals surface area contributed by atoms with Gasteiger partial charge in [-0.2, -0.15) is 0 Å². The largest absolute Gasteiger partial charge is 0.353 e. The van der Waals surface area contributed by atoms with Crippen molar-refractivity contribution >= 4 is 17.7 Å². The molecule has 0 saturated heterocycles. The van der Waals surface area contributed by atoms with Crippen LogP contribution in [0.3, 0.4) is 0 Å². The van der Waals surface area contributed by atoms with Gasteiger partial charge in [0, 0.05) is 16.2 Å². The summed E-state index contributed by atoms with van der Waals surface area (Å²) >= 11 is 1.92. The summed E-state index contributed by atoms with van der Waals surface area (Å²) in [4.78, 5) is 12.5. The molecule has 0 aliphatic heterocycles. The predicted octanol–water partition coefficient (Wildman–Crippen LogP) is 4.03. The Labute approximate surface area is 120 Å². The van der Waals surface area contributed by atoms with Crippen molar-refractivity contribution in [2.24, 2.45) is 0 Å². The molecule has 3 heteroatoms. The van der Waals surface area contributed by atoms with Crippen molar-refractivity contribution in [2.45, 2.75) is 42.8 Å². The van der Waals surface area contributed by atoms with E-state index in [0.29, 0.717) is 6.54 Å². The molecular formula is C16H23NOS. The lowest BCUT2D eigenvalue weighted by Gasteiger charge is -2.31. The van der Waals surface area contributed by atoms with Crippen LogP contribution < -0.4 is 5.32 Å². The van der Waals surface area contributed by atoms with Crippen molar-refractivity contribution in [2.75, 3.05) is 6.54 Å². The first kappa shape index (κ1) is 15.8. The highest BCUT2D eigenvalue weighted by atomic mass is 32.2. The molecule has 19 heavy (non-hydrogen) atoms. The third kappa shape index (κ3) is 5.11. The summed E-state index contributed by atoms with van der Waals surface area (Å²) in [7, 11) is 0. The topological polar surface area (TPSA) is 29.1 Å². The Morgan fingerprint density at radius 3 is 2.47 bits per heavy atom. The number of rotatable bonds is 8. The van der Waals surface area contributed by atoms with Crippen LogP contribution in [0.5, 0.6) is 0 Å². The monoisotopic (exact) mass is 277 g/mol. The van der Waals surface area contributed by atoms with Crippen molar-refractivity contribution in [3.63, 3.8) is 0 Å². The molecule has 1 amide bonds. The molecule has 0 saturated carbocycles. The summed E-state index contributed by atoms with van der Waals surface area (Å²) in [6, 6.07) is 10.5.